The fourth-order valence-corrected chi connectivity index (χ4v) is 1.65. The summed E-state index contributed by atoms with van der Waals surface area (Å²) in [4.78, 5) is 15.1. The van der Waals surface area contributed by atoms with Gasteiger partial charge >= 0.3 is 5.97 Å². The second kappa shape index (κ2) is 4.37. The van der Waals surface area contributed by atoms with Crippen LogP contribution >= 0.6 is 0 Å². The highest BCUT2D eigenvalue weighted by molar-refractivity contribution is 5.88. The Morgan fingerprint density at radius 2 is 2.24 bits per heavy atom. The van der Waals surface area contributed by atoms with Crippen LogP contribution in [-0.4, -0.2) is 25.8 Å². The zero-order valence-corrected chi connectivity index (χ0v) is 9.71. The summed E-state index contributed by atoms with van der Waals surface area (Å²) in [6, 6.07) is 3.84. The number of hydrogen-bond donors (Lipinski definition) is 1. The Labute approximate surface area is 98.7 Å². The SMILES string of the molecule is Cc1cccnc1Cn1cc(C(=O)O)c(C)n1. The Morgan fingerprint density at radius 3 is 2.82 bits per heavy atom. The van der Waals surface area contributed by atoms with Gasteiger partial charge in [-0.2, -0.15) is 5.10 Å². The lowest BCUT2D eigenvalue weighted by atomic mass is 10.2. The molecule has 0 amide bonds. The fraction of sp³-hybridized carbons (Fsp3) is 0.250. The topological polar surface area (TPSA) is 68.0 Å². The van der Waals surface area contributed by atoms with Crippen molar-refractivity contribution in [2.75, 3.05) is 0 Å². The first-order valence-corrected chi connectivity index (χ1v) is 5.26. The molecule has 0 fully saturated rings. The average molecular weight is 231 g/mol. The van der Waals surface area contributed by atoms with E-state index in [0.717, 1.165) is 11.3 Å². The van der Waals surface area contributed by atoms with Crippen LogP contribution in [0.25, 0.3) is 0 Å². The van der Waals surface area contributed by atoms with Crippen molar-refractivity contribution in [2.45, 2.75) is 20.4 Å². The second-order valence-electron chi connectivity index (χ2n) is 3.90. The number of rotatable bonds is 3. The largest absolute Gasteiger partial charge is 0.478 e. The fourth-order valence-electron chi connectivity index (χ4n) is 1.65. The number of aromatic nitrogens is 3. The zero-order chi connectivity index (χ0) is 12.4. The molecule has 0 bridgehead atoms. The van der Waals surface area contributed by atoms with Gasteiger partial charge in [0.25, 0.3) is 0 Å². The number of nitrogens with zero attached hydrogens (tertiary/aromatic N) is 3. The Balaban J connectivity index is 2.28. The van der Waals surface area contributed by atoms with Crippen LogP contribution in [0.5, 0.6) is 0 Å². The molecule has 0 aromatic carbocycles. The van der Waals surface area contributed by atoms with Crippen molar-refractivity contribution in [3.05, 3.63) is 47.0 Å². The predicted molar refractivity (Wildman–Crippen MR) is 62.0 cm³/mol. The van der Waals surface area contributed by atoms with Gasteiger partial charge in [-0.3, -0.25) is 9.67 Å². The highest BCUT2D eigenvalue weighted by Gasteiger charge is 2.12. The van der Waals surface area contributed by atoms with Gasteiger partial charge in [-0.15, -0.1) is 0 Å². The van der Waals surface area contributed by atoms with Gasteiger partial charge in [-0.1, -0.05) is 6.07 Å². The van der Waals surface area contributed by atoms with E-state index in [9.17, 15) is 4.79 Å². The lowest BCUT2D eigenvalue weighted by Crippen LogP contribution is -2.04. The first kappa shape index (κ1) is 11.3. The summed E-state index contributed by atoms with van der Waals surface area (Å²) in [6.45, 7) is 4.14. The maximum atomic E-state index is 10.9. The Kier molecular flexibility index (Phi) is 2.91. The van der Waals surface area contributed by atoms with Crippen LogP contribution in [0.15, 0.2) is 24.5 Å². The number of carboxylic acid groups (broad SMARTS) is 1. The van der Waals surface area contributed by atoms with Crippen molar-refractivity contribution in [1.29, 1.82) is 0 Å². The number of carbonyl (C=O) groups is 1. The maximum Gasteiger partial charge on any atom is 0.339 e. The van der Waals surface area contributed by atoms with Crippen LogP contribution in [0, 0.1) is 13.8 Å². The third-order valence-corrected chi connectivity index (χ3v) is 2.61. The van der Waals surface area contributed by atoms with Crippen molar-refractivity contribution in [1.82, 2.24) is 14.8 Å². The van der Waals surface area contributed by atoms with Gasteiger partial charge in [-0.05, 0) is 25.5 Å². The molecule has 2 aromatic rings. The van der Waals surface area contributed by atoms with Gasteiger partial charge in [-0.25, -0.2) is 4.79 Å². The van der Waals surface area contributed by atoms with Gasteiger partial charge in [0, 0.05) is 12.4 Å². The number of aryl methyl sites for hydroxylation is 2. The van der Waals surface area contributed by atoms with Crippen molar-refractivity contribution in [3.63, 3.8) is 0 Å². The molecule has 0 aliphatic heterocycles. The van der Waals surface area contributed by atoms with Gasteiger partial charge in [0.2, 0.25) is 0 Å². The summed E-state index contributed by atoms with van der Waals surface area (Å²) in [7, 11) is 0. The Morgan fingerprint density at radius 1 is 1.47 bits per heavy atom. The van der Waals surface area contributed by atoms with E-state index in [1.807, 2.05) is 19.1 Å². The smallest absolute Gasteiger partial charge is 0.339 e. The van der Waals surface area contributed by atoms with Crippen molar-refractivity contribution < 1.29 is 9.90 Å². The van der Waals surface area contributed by atoms with Crippen LogP contribution in [0.2, 0.25) is 0 Å². The molecule has 0 radical (unpaired) electrons. The van der Waals surface area contributed by atoms with E-state index in [-0.39, 0.29) is 5.56 Å². The van der Waals surface area contributed by atoms with E-state index in [2.05, 4.69) is 10.1 Å². The Bertz CT molecular complexity index is 561. The summed E-state index contributed by atoms with van der Waals surface area (Å²) in [5.41, 5.74) is 2.72. The van der Waals surface area contributed by atoms with Crippen molar-refractivity contribution in [3.8, 4) is 0 Å². The summed E-state index contributed by atoms with van der Waals surface area (Å²) < 4.78 is 1.61. The molecular formula is C12H13N3O2. The van der Waals surface area contributed by atoms with Crippen molar-refractivity contribution in [2.24, 2.45) is 0 Å². The molecule has 5 nitrogen and oxygen atoms in total. The maximum absolute atomic E-state index is 10.9. The third kappa shape index (κ3) is 2.33. The first-order valence-electron chi connectivity index (χ1n) is 5.26. The molecule has 2 rings (SSSR count). The molecule has 17 heavy (non-hydrogen) atoms. The molecule has 0 aliphatic rings. The molecular weight excluding hydrogens is 218 g/mol. The van der Waals surface area contributed by atoms with Gasteiger partial charge in [0.15, 0.2) is 0 Å². The molecule has 5 heteroatoms. The highest BCUT2D eigenvalue weighted by Crippen LogP contribution is 2.09. The number of aromatic carboxylic acids is 1. The second-order valence-corrected chi connectivity index (χ2v) is 3.90. The quantitative estimate of drug-likeness (QED) is 0.871. The molecule has 0 saturated carbocycles. The molecule has 0 atom stereocenters. The third-order valence-electron chi connectivity index (χ3n) is 2.61. The minimum atomic E-state index is -0.952. The van der Waals surface area contributed by atoms with Crippen LogP contribution in [0.1, 0.15) is 27.3 Å². The number of hydrogen-bond acceptors (Lipinski definition) is 3. The molecule has 0 saturated heterocycles. The summed E-state index contributed by atoms with van der Waals surface area (Å²) in [5, 5.41) is 13.1. The molecule has 0 unspecified atom stereocenters. The summed E-state index contributed by atoms with van der Waals surface area (Å²) in [6.07, 6.45) is 3.25. The lowest BCUT2D eigenvalue weighted by molar-refractivity contribution is 0.0696. The zero-order valence-electron chi connectivity index (χ0n) is 9.71. The van der Waals surface area contributed by atoms with E-state index in [0.29, 0.717) is 12.2 Å². The summed E-state index contributed by atoms with van der Waals surface area (Å²) >= 11 is 0. The average Bonchev–Trinajstić information content (AvgIpc) is 2.63. The van der Waals surface area contributed by atoms with E-state index in [1.165, 1.54) is 6.20 Å². The van der Waals surface area contributed by atoms with E-state index in [1.54, 1.807) is 17.8 Å². The van der Waals surface area contributed by atoms with E-state index < -0.39 is 5.97 Å². The minimum Gasteiger partial charge on any atom is -0.478 e. The van der Waals surface area contributed by atoms with Gasteiger partial charge < -0.3 is 5.11 Å². The molecule has 1 N–H and O–H groups in total. The normalized spacial score (nSPS) is 10.5. The van der Waals surface area contributed by atoms with E-state index in [4.69, 9.17) is 5.11 Å². The molecule has 0 aliphatic carbocycles. The molecule has 0 spiro atoms. The highest BCUT2D eigenvalue weighted by atomic mass is 16.4. The molecule has 88 valence electrons. The number of pyridine rings is 1. The Hall–Kier alpha value is -2.17. The van der Waals surface area contributed by atoms with Crippen LogP contribution in [0.3, 0.4) is 0 Å². The minimum absolute atomic E-state index is 0.235. The van der Waals surface area contributed by atoms with Gasteiger partial charge in [0.05, 0.1) is 17.9 Å². The van der Waals surface area contributed by atoms with Gasteiger partial charge in [0.1, 0.15) is 5.56 Å². The summed E-state index contributed by atoms with van der Waals surface area (Å²) in [5.74, 6) is -0.952. The number of carboxylic acids is 1. The molecule has 2 heterocycles. The predicted octanol–water partition coefficient (Wildman–Crippen LogP) is 1.64. The lowest BCUT2D eigenvalue weighted by Gasteiger charge is -2.03. The van der Waals surface area contributed by atoms with E-state index >= 15 is 0 Å². The monoisotopic (exact) mass is 231 g/mol. The standard InChI is InChI=1S/C12H13N3O2/c1-8-4-3-5-13-11(8)7-15-6-10(12(16)17)9(2)14-15/h3-6H,7H2,1-2H3,(H,16,17). The first-order chi connectivity index (χ1) is 8.08. The molecule has 2 aromatic heterocycles. The van der Waals surface area contributed by atoms with Crippen LogP contribution < -0.4 is 0 Å². The van der Waals surface area contributed by atoms with Crippen LogP contribution in [-0.2, 0) is 6.54 Å². The van der Waals surface area contributed by atoms with Crippen LogP contribution in [0.4, 0.5) is 0 Å². The van der Waals surface area contributed by atoms with Crippen molar-refractivity contribution >= 4 is 5.97 Å².